The van der Waals surface area contributed by atoms with Gasteiger partial charge in [-0.05, 0) is 63.1 Å². The summed E-state index contributed by atoms with van der Waals surface area (Å²) in [7, 11) is 0. The number of aryl methyl sites for hydroxylation is 1. The number of aromatic carboxylic acids is 1. The Morgan fingerprint density at radius 2 is 2.17 bits per heavy atom. The fourth-order valence-corrected chi connectivity index (χ4v) is 1.84. The second-order valence-electron chi connectivity index (χ2n) is 2.39. The fraction of sp³-hybridized carbons (Fsp3) is 0.125. The molecular weight excluding hydrogens is 335 g/mol. The number of carboxylic acid groups (broad SMARTS) is 1. The van der Waals surface area contributed by atoms with Gasteiger partial charge in [-0.1, -0.05) is 0 Å². The predicted octanol–water partition coefficient (Wildman–Crippen LogP) is 3.06. The Morgan fingerprint density at radius 3 is 2.58 bits per heavy atom. The number of carbonyl (C=O) groups is 1. The summed E-state index contributed by atoms with van der Waals surface area (Å²) in [5.74, 6) is -0.886. The lowest BCUT2D eigenvalue weighted by atomic mass is 10.1. The molecule has 1 aromatic rings. The van der Waals surface area contributed by atoms with Crippen molar-refractivity contribution in [1.82, 2.24) is 0 Å². The molecule has 0 radical (unpaired) electrons. The molecule has 0 fully saturated rings. The van der Waals surface area contributed by atoms with Gasteiger partial charge in [-0.25, -0.2) is 4.79 Å². The molecule has 1 rings (SSSR count). The van der Waals surface area contributed by atoms with Crippen molar-refractivity contribution < 1.29 is 9.90 Å². The highest BCUT2D eigenvalue weighted by Gasteiger charge is 2.07. The third-order valence-corrected chi connectivity index (χ3v) is 4.10. The Balaban J connectivity index is 3.31. The van der Waals surface area contributed by atoms with Crippen LogP contribution in [0.2, 0.25) is 0 Å². The number of benzene rings is 1. The maximum atomic E-state index is 10.6. The number of hydrogen-bond acceptors (Lipinski definition) is 1. The minimum Gasteiger partial charge on any atom is -0.478 e. The molecule has 12 heavy (non-hydrogen) atoms. The zero-order chi connectivity index (χ0) is 9.30. The largest absolute Gasteiger partial charge is 0.478 e. The van der Waals surface area contributed by atoms with E-state index in [0.29, 0.717) is 5.56 Å². The maximum absolute atomic E-state index is 10.6. The first-order chi connectivity index (χ1) is 5.52. The smallest absolute Gasteiger partial charge is 0.335 e. The number of halogens is 2. The van der Waals surface area contributed by atoms with Crippen molar-refractivity contribution in [1.29, 1.82) is 0 Å². The van der Waals surface area contributed by atoms with Crippen molar-refractivity contribution in [3.63, 3.8) is 0 Å². The molecule has 0 spiro atoms. The van der Waals surface area contributed by atoms with Gasteiger partial charge < -0.3 is 5.11 Å². The highest BCUT2D eigenvalue weighted by molar-refractivity contribution is 14.1. The van der Waals surface area contributed by atoms with Crippen LogP contribution >= 0.6 is 38.5 Å². The average Bonchev–Trinajstić information content (AvgIpc) is 1.99. The molecule has 0 heterocycles. The standard InChI is InChI=1S/C8H6BrIO2/c1-4-2-5(8(11)12)3-6(10)7(4)9/h2-3H,1H3,(H,11,12). The first kappa shape index (κ1) is 9.98. The summed E-state index contributed by atoms with van der Waals surface area (Å²) in [5.41, 5.74) is 1.28. The number of carboxylic acids is 1. The van der Waals surface area contributed by atoms with Crippen LogP contribution in [0.1, 0.15) is 15.9 Å². The average molecular weight is 341 g/mol. The molecule has 2 nitrogen and oxygen atoms in total. The molecule has 0 aliphatic rings. The van der Waals surface area contributed by atoms with Crippen molar-refractivity contribution in [2.75, 3.05) is 0 Å². The van der Waals surface area contributed by atoms with Crippen molar-refractivity contribution in [2.24, 2.45) is 0 Å². The van der Waals surface area contributed by atoms with Crippen molar-refractivity contribution in [2.45, 2.75) is 6.92 Å². The minimum absolute atomic E-state index is 0.333. The highest BCUT2D eigenvalue weighted by Crippen LogP contribution is 2.24. The molecule has 0 bridgehead atoms. The van der Waals surface area contributed by atoms with Gasteiger partial charge in [-0.2, -0.15) is 0 Å². The van der Waals surface area contributed by atoms with Crippen LogP contribution in [0, 0.1) is 10.5 Å². The highest BCUT2D eigenvalue weighted by atomic mass is 127. The van der Waals surface area contributed by atoms with Crippen LogP contribution in [0.15, 0.2) is 16.6 Å². The third kappa shape index (κ3) is 1.98. The number of rotatable bonds is 1. The van der Waals surface area contributed by atoms with Crippen LogP contribution in [0.3, 0.4) is 0 Å². The summed E-state index contributed by atoms with van der Waals surface area (Å²) in [6, 6.07) is 3.29. The Labute approximate surface area is 92.2 Å². The van der Waals surface area contributed by atoms with E-state index in [4.69, 9.17) is 5.11 Å². The molecule has 0 unspecified atom stereocenters. The molecule has 0 atom stereocenters. The van der Waals surface area contributed by atoms with Crippen LogP contribution < -0.4 is 0 Å². The van der Waals surface area contributed by atoms with E-state index in [0.717, 1.165) is 13.6 Å². The van der Waals surface area contributed by atoms with Gasteiger partial charge in [0.2, 0.25) is 0 Å². The van der Waals surface area contributed by atoms with Crippen LogP contribution in [0.25, 0.3) is 0 Å². The SMILES string of the molecule is Cc1cc(C(=O)O)cc(I)c1Br. The van der Waals surface area contributed by atoms with Gasteiger partial charge in [-0.3, -0.25) is 0 Å². The van der Waals surface area contributed by atoms with E-state index < -0.39 is 5.97 Å². The van der Waals surface area contributed by atoms with Crippen LogP contribution in [0.4, 0.5) is 0 Å². The summed E-state index contributed by atoms with van der Waals surface area (Å²) in [6.45, 7) is 1.87. The lowest BCUT2D eigenvalue weighted by Crippen LogP contribution is -1.98. The van der Waals surface area contributed by atoms with Crippen molar-refractivity contribution in [3.05, 3.63) is 31.3 Å². The molecule has 0 amide bonds. The summed E-state index contributed by atoms with van der Waals surface area (Å²) in [4.78, 5) is 10.6. The molecule has 0 aromatic heterocycles. The molecule has 0 saturated heterocycles. The number of hydrogen-bond donors (Lipinski definition) is 1. The van der Waals surface area contributed by atoms with E-state index in [1.54, 1.807) is 12.1 Å². The maximum Gasteiger partial charge on any atom is 0.335 e. The summed E-state index contributed by atoms with van der Waals surface area (Å²) in [5, 5.41) is 8.71. The predicted molar refractivity (Wildman–Crippen MR) is 58.6 cm³/mol. The Kier molecular flexibility index (Phi) is 3.11. The van der Waals surface area contributed by atoms with Crippen molar-refractivity contribution in [3.8, 4) is 0 Å². The van der Waals surface area contributed by atoms with Gasteiger partial charge in [0.1, 0.15) is 0 Å². The molecule has 64 valence electrons. The van der Waals surface area contributed by atoms with Gasteiger partial charge in [0.25, 0.3) is 0 Å². The van der Waals surface area contributed by atoms with E-state index in [1.807, 2.05) is 6.92 Å². The fourth-order valence-electron chi connectivity index (χ4n) is 0.850. The van der Waals surface area contributed by atoms with E-state index >= 15 is 0 Å². The van der Waals surface area contributed by atoms with E-state index in [1.165, 1.54) is 0 Å². The van der Waals surface area contributed by atoms with Gasteiger partial charge in [0.05, 0.1) is 5.56 Å². The molecular formula is C8H6BrIO2. The van der Waals surface area contributed by atoms with E-state index in [-0.39, 0.29) is 0 Å². The molecule has 0 saturated carbocycles. The van der Waals surface area contributed by atoms with Gasteiger partial charge in [0.15, 0.2) is 0 Å². The lowest BCUT2D eigenvalue weighted by Gasteiger charge is -2.02. The summed E-state index contributed by atoms with van der Waals surface area (Å²) in [6.07, 6.45) is 0. The zero-order valence-corrected chi connectivity index (χ0v) is 10.0. The second-order valence-corrected chi connectivity index (χ2v) is 4.35. The summed E-state index contributed by atoms with van der Waals surface area (Å²) < 4.78 is 1.89. The van der Waals surface area contributed by atoms with E-state index in [2.05, 4.69) is 38.5 Å². The molecule has 4 heteroatoms. The van der Waals surface area contributed by atoms with Crippen LogP contribution in [-0.4, -0.2) is 11.1 Å². The van der Waals surface area contributed by atoms with Crippen LogP contribution in [-0.2, 0) is 0 Å². The Hall–Kier alpha value is -0.1000. The monoisotopic (exact) mass is 340 g/mol. The van der Waals surface area contributed by atoms with Gasteiger partial charge in [0, 0.05) is 8.04 Å². The molecule has 1 N–H and O–H groups in total. The van der Waals surface area contributed by atoms with Gasteiger partial charge >= 0.3 is 5.97 Å². The lowest BCUT2D eigenvalue weighted by molar-refractivity contribution is 0.0696. The molecule has 0 aliphatic heterocycles. The third-order valence-electron chi connectivity index (χ3n) is 1.46. The first-order valence-corrected chi connectivity index (χ1v) is 5.08. The minimum atomic E-state index is -0.886. The topological polar surface area (TPSA) is 37.3 Å². The zero-order valence-electron chi connectivity index (χ0n) is 6.27. The van der Waals surface area contributed by atoms with Crippen molar-refractivity contribution >= 4 is 44.5 Å². The molecule has 1 aromatic carbocycles. The quantitative estimate of drug-likeness (QED) is 0.798. The van der Waals surface area contributed by atoms with Gasteiger partial charge in [-0.15, -0.1) is 0 Å². The van der Waals surface area contributed by atoms with Crippen LogP contribution in [0.5, 0.6) is 0 Å². The Morgan fingerprint density at radius 1 is 1.58 bits per heavy atom. The molecule has 0 aliphatic carbocycles. The second kappa shape index (κ2) is 3.74. The first-order valence-electron chi connectivity index (χ1n) is 3.21. The Bertz CT molecular complexity index is 313. The van der Waals surface area contributed by atoms with E-state index in [9.17, 15) is 4.79 Å². The summed E-state index contributed by atoms with van der Waals surface area (Å²) >= 11 is 5.46. The normalized spacial score (nSPS) is 9.92.